The summed E-state index contributed by atoms with van der Waals surface area (Å²) in [5.74, 6) is 0. The Morgan fingerprint density at radius 3 is 2.22 bits per heavy atom. The Morgan fingerprint density at radius 2 is 1.78 bits per heavy atom. The molecule has 18 heavy (non-hydrogen) atoms. The topological polar surface area (TPSA) is 41.1 Å². The summed E-state index contributed by atoms with van der Waals surface area (Å²) in [5.41, 5.74) is 0.850. The lowest BCUT2D eigenvalue weighted by Crippen LogP contribution is -2.56. The SMILES string of the molecule is CC(C)(C)NC(=O)NC1(c2ccccc2)CCC1. The number of carbonyl (C=O) groups is 1. The monoisotopic (exact) mass is 246 g/mol. The maximum absolute atomic E-state index is 12.0. The average molecular weight is 246 g/mol. The van der Waals surface area contributed by atoms with Gasteiger partial charge >= 0.3 is 6.03 Å². The van der Waals surface area contributed by atoms with Crippen LogP contribution in [-0.4, -0.2) is 11.6 Å². The molecule has 1 aromatic carbocycles. The van der Waals surface area contributed by atoms with E-state index in [1.807, 2.05) is 39.0 Å². The Balaban J connectivity index is 2.08. The normalized spacial score (nSPS) is 17.7. The van der Waals surface area contributed by atoms with E-state index in [1.165, 1.54) is 12.0 Å². The van der Waals surface area contributed by atoms with Crippen molar-refractivity contribution < 1.29 is 4.79 Å². The van der Waals surface area contributed by atoms with Gasteiger partial charge in [0.2, 0.25) is 0 Å². The smallest absolute Gasteiger partial charge is 0.315 e. The molecule has 3 heteroatoms. The van der Waals surface area contributed by atoms with Gasteiger partial charge in [0.1, 0.15) is 0 Å². The van der Waals surface area contributed by atoms with Crippen LogP contribution in [-0.2, 0) is 5.54 Å². The lowest BCUT2D eigenvalue weighted by atomic mass is 9.72. The second kappa shape index (κ2) is 4.63. The van der Waals surface area contributed by atoms with Crippen LogP contribution in [0.4, 0.5) is 4.79 Å². The summed E-state index contributed by atoms with van der Waals surface area (Å²) >= 11 is 0. The third-order valence-corrected chi connectivity index (χ3v) is 3.37. The Morgan fingerprint density at radius 1 is 1.17 bits per heavy atom. The standard InChI is InChI=1S/C15H22N2O/c1-14(2,3)16-13(18)17-15(10-7-11-15)12-8-5-4-6-9-12/h4-6,8-9H,7,10-11H2,1-3H3,(H2,16,17,18). The van der Waals surface area contributed by atoms with E-state index in [4.69, 9.17) is 0 Å². The lowest BCUT2D eigenvalue weighted by Gasteiger charge is -2.43. The summed E-state index contributed by atoms with van der Waals surface area (Å²) in [7, 11) is 0. The van der Waals surface area contributed by atoms with E-state index >= 15 is 0 Å². The van der Waals surface area contributed by atoms with E-state index in [0.717, 1.165) is 12.8 Å². The van der Waals surface area contributed by atoms with Gasteiger partial charge in [-0.1, -0.05) is 30.3 Å². The molecule has 3 nitrogen and oxygen atoms in total. The van der Waals surface area contributed by atoms with Gasteiger partial charge in [-0.15, -0.1) is 0 Å². The van der Waals surface area contributed by atoms with Crippen molar-refractivity contribution in [2.24, 2.45) is 0 Å². The predicted molar refractivity (Wildman–Crippen MR) is 73.4 cm³/mol. The fourth-order valence-corrected chi connectivity index (χ4v) is 2.36. The zero-order valence-electron chi connectivity index (χ0n) is 11.4. The van der Waals surface area contributed by atoms with Crippen LogP contribution in [0.3, 0.4) is 0 Å². The summed E-state index contributed by atoms with van der Waals surface area (Å²) in [5, 5.41) is 6.12. The third-order valence-electron chi connectivity index (χ3n) is 3.37. The number of benzene rings is 1. The molecular formula is C15H22N2O. The minimum atomic E-state index is -0.203. The molecule has 1 fully saturated rings. The first-order chi connectivity index (χ1) is 8.41. The minimum absolute atomic E-state index is 0.0777. The minimum Gasteiger partial charge on any atom is -0.334 e. The van der Waals surface area contributed by atoms with Gasteiger partial charge in [-0.3, -0.25) is 0 Å². The summed E-state index contributed by atoms with van der Waals surface area (Å²) in [6.45, 7) is 5.97. The van der Waals surface area contributed by atoms with Crippen LogP contribution in [0.2, 0.25) is 0 Å². The second-order valence-electron chi connectivity index (χ2n) is 6.13. The van der Waals surface area contributed by atoms with Crippen molar-refractivity contribution in [3.05, 3.63) is 35.9 Å². The van der Waals surface area contributed by atoms with E-state index < -0.39 is 0 Å². The maximum atomic E-state index is 12.0. The Hall–Kier alpha value is -1.51. The molecule has 0 bridgehead atoms. The van der Waals surface area contributed by atoms with Crippen molar-refractivity contribution in [2.45, 2.75) is 51.1 Å². The molecule has 2 rings (SSSR count). The van der Waals surface area contributed by atoms with Crippen LogP contribution in [0.1, 0.15) is 45.6 Å². The molecule has 1 saturated carbocycles. The van der Waals surface area contributed by atoms with Gasteiger partial charge in [-0.2, -0.15) is 0 Å². The van der Waals surface area contributed by atoms with E-state index in [-0.39, 0.29) is 17.1 Å². The molecule has 0 heterocycles. The lowest BCUT2D eigenvalue weighted by molar-refractivity contribution is 0.172. The highest BCUT2D eigenvalue weighted by atomic mass is 16.2. The number of hydrogen-bond acceptors (Lipinski definition) is 1. The molecule has 0 spiro atoms. The van der Waals surface area contributed by atoms with Crippen molar-refractivity contribution in [1.82, 2.24) is 10.6 Å². The fourth-order valence-electron chi connectivity index (χ4n) is 2.36. The van der Waals surface area contributed by atoms with E-state index in [1.54, 1.807) is 0 Å². The molecule has 98 valence electrons. The molecule has 0 atom stereocenters. The highest BCUT2D eigenvalue weighted by molar-refractivity contribution is 5.76. The molecular weight excluding hydrogens is 224 g/mol. The fraction of sp³-hybridized carbons (Fsp3) is 0.533. The molecule has 1 aliphatic carbocycles. The summed E-state index contributed by atoms with van der Waals surface area (Å²) in [6.07, 6.45) is 3.22. The number of rotatable bonds is 2. The van der Waals surface area contributed by atoms with Gasteiger partial charge in [0.25, 0.3) is 0 Å². The van der Waals surface area contributed by atoms with Crippen LogP contribution >= 0.6 is 0 Å². The van der Waals surface area contributed by atoms with E-state index in [2.05, 4.69) is 22.8 Å². The quantitative estimate of drug-likeness (QED) is 0.827. The molecule has 0 radical (unpaired) electrons. The van der Waals surface area contributed by atoms with Gasteiger partial charge in [0, 0.05) is 5.54 Å². The molecule has 0 aliphatic heterocycles. The molecule has 0 saturated heterocycles. The van der Waals surface area contributed by atoms with Crippen LogP contribution < -0.4 is 10.6 Å². The van der Waals surface area contributed by atoms with Gasteiger partial charge in [-0.05, 0) is 45.6 Å². The highest BCUT2D eigenvalue weighted by Crippen LogP contribution is 2.41. The third kappa shape index (κ3) is 2.84. The number of nitrogens with one attached hydrogen (secondary N) is 2. The summed E-state index contributed by atoms with van der Waals surface area (Å²) in [4.78, 5) is 12.0. The first kappa shape index (κ1) is 12.9. The number of hydrogen-bond donors (Lipinski definition) is 2. The van der Waals surface area contributed by atoms with Crippen molar-refractivity contribution in [1.29, 1.82) is 0 Å². The van der Waals surface area contributed by atoms with Gasteiger partial charge in [0.15, 0.2) is 0 Å². The largest absolute Gasteiger partial charge is 0.334 e. The Labute approximate surface area is 109 Å². The Kier molecular flexibility index (Phi) is 3.33. The highest BCUT2D eigenvalue weighted by Gasteiger charge is 2.40. The van der Waals surface area contributed by atoms with Gasteiger partial charge in [-0.25, -0.2) is 4.79 Å². The Bertz CT molecular complexity index is 416. The first-order valence-corrected chi connectivity index (χ1v) is 6.57. The van der Waals surface area contributed by atoms with Gasteiger partial charge in [0.05, 0.1) is 5.54 Å². The van der Waals surface area contributed by atoms with Gasteiger partial charge < -0.3 is 10.6 Å². The van der Waals surface area contributed by atoms with Crippen LogP contribution in [0.15, 0.2) is 30.3 Å². The maximum Gasteiger partial charge on any atom is 0.315 e. The molecule has 1 aromatic rings. The van der Waals surface area contributed by atoms with Crippen molar-refractivity contribution >= 4 is 6.03 Å². The molecule has 1 aliphatic rings. The zero-order chi connectivity index (χ0) is 13.2. The van der Waals surface area contributed by atoms with Crippen molar-refractivity contribution in [2.75, 3.05) is 0 Å². The first-order valence-electron chi connectivity index (χ1n) is 6.57. The molecule has 2 N–H and O–H groups in total. The zero-order valence-corrected chi connectivity index (χ0v) is 11.4. The van der Waals surface area contributed by atoms with Crippen LogP contribution in [0, 0.1) is 0 Å². The van der Waals surface area contributed by atoms with Crippen molar-refractivity contribution in [3.63, 3.8) is 0 Å². The number of urea groups is 1. The second-order valence-corrected chi connectivity index (χ2v) is 6.13. The molecule has 2 amide bonds. The van der Waals surface area contributed by atoms with Crippen LogP contribution in [0.25, 0.3) is 0 Å². The van der Waals surface area contributed by atoms with Crippen LogP contribution in [0.5, 0.6) is 0 Å². The van der Waals surface area contributed by atoms with E-state index in [9.17, 15) is 4.79 Å². The predicted octanol–water partition coefficient (Wildman–Crippen LogP) is 3.16. The van der Waals surface area contributed by atoms with E-state index in [0.29, 0.717) is 0 Å². The average Bonchev–Trinajstić information content (AvgIpc) is 2.22. The molecule has 0 aromatic heterocycles. The summed E-state index contributed by atoms with van der Waals surface area (Å²) < 4.78 is 0. The van der Waals surface area contributed by atoms with Crippen molar-refractivity contribution in [3.8, 4) is 0 Å². The molecule has 0 unspecified atom stereocenters. The number of carbonyl (C=O) groups excluding carboxylic acids is 1. The summed E-state index contributed by atoms with van der Waals surface area (Å²) in [6, 6.07) is 10.2. The number of amides is 2.